The van der Waals surface area contributed by atoms with Gasteiger partial charge in [0.25, 0.3) is 0 Å². The minimum absolute atomic E-state index is 0.207. The van der Waals surface area contributed by atoms with E-state index in [0.29, 0.717) is 5.92 Å². The molecule has 1 aromatic carbocycles. The quantitative estimate of drug-likeness (QED) is 0.841. The highest BCUT2D eigenvalue weighted by Crippen LogP contribution is 2.22. The number of hydrogen-bond donors (Lipinski definition) is 2. The number of likely N-dealkylation sites (tertiary alicyclic amines) is 1. The highest BCUT2D eigenvalue weighted by Gasteiger charge is 2.28. The molecule has 1 heterocycles. The first-order chi connectivity index (χ1) is 11.0. The van der Waals surface area contributed by atoms with Gasteiger partial charge in [0.1, 0.15) is 6.04 Å². The van der Waals surface area contributed by atoms with E-state index in [1.54, 1.807) is 0 Å². The summed E-state index contributed by atoms with van der Waals surface area (Å²) in [7, 11) is 0. The molecule has 2 atom stereocenters. The average Bonchev–Trinajstić information content (AvgIpc) is 2.55. The van der Waals surface area contributed by atoms with E-state index in [1.807, 2.05) is 13.0 Å². The van der Waals surface area contributed by atoms with E-state index in [-0.39, 0.29) is 11.9 Å². The summed E-state index contributed by atoms with van der Waals surface area (Å²) in [5.74, 6) is -0.560. The highest BCUT2D eigenvalue weighted by molar-refractivity contribution is 5.86. The van der Waals surface area contributed by atoms with Gasteiger partial charge in [0.15, 0.2) is 0 Å². The second-order valence-corrected chi connectivity index (χ2v) is 6.41. The average molecular weight is 318 g/mol. The molecule has 0 radical (unpaired) electrons. The van der Waals surface area contributed by atoms with Gasteiger partial charge in [0.05, 0.1) is 6.04 Å². The van der Waals surface area contributed by atoms with Crippen LogP contribution in [0.25, 0.3) is 0 Å². The van der Waals surface area contributed by atoms with Gasteiger partial charge >= 0.3 is 5.97 Å². The molecule has 1 aromatic rings. The van der Waals surface area contributed by atoms with Crippen molar-refractivity contribution in [3.63, 3.8) is 0 Å². The molecule has 1 fully saturated rings. The maximum Gasteiger partial charge on any atom is 0.325 e. The Balaban J connectivity index is 1.79. The van der Waals surface area contributed by atoms with Gasteiger partial charge in [0, 0.05) is 0 Å². The molecular formula is C18H26N2O3. The lowest BCUT2D eigenvalue weighted by atomic mass is 9.89. The summed E-state index contributed by atoms with van der Waals surface area (Å²) in [5, 5.41) is 11.4. The molecule has 23 heavy (non-hydrogen) atoms. The van der Waals surface area contributed by atoms with Gasteiger partial charge in [-0.3, -0.25) is 14.5 Å². The molecule has 1 amide bonds. The number of carbonyl (C=O) groups is 2. The molecule has 0 saturated carbocycles. The van der Waals surface area contributed by atoms with E-state index >= 15 is 0 Å². The first-order valence-electron chi connectivity index (χ1n) is 8.28. The molecule has 1 aliphatic heterocycles. The van der Waals surface area contributed by atoms with E-state index in [2.05, 4.69) is 34.5 Å². The van der Waals surface area contributed by atoms with Crippen molar-refractivity contribution in [1.29, 1.82) is 0 Å². The monoisotopic (exact) mass is 318 g/mol. The summed E-state index contributed by atoms with van der Waals surface area (Å²) in [6.07, 6.45) is 3.23. The number of carboxylic acid groups (broad SMARTS) is 1. The zero-order chi connectivity index (χ0) is 16.8. The summed E-state index contributed by atoms with van der Waals surface area (Å²) >= 11 is 0. The van der Waals surface area contributed by atoms with Crippen LogP contribution in [0.5, 0.6) is 0 Å². The van der Waals surface area contributed by atoms with Gasteiger partial charge in [-0.2, -0.15) is 0 Å². The van der Waals surface area contributed by atoms with E-state index < -0.39 is 12.0 Å². The number of piperidine rings is 1. The van der Waals surface area contributed by atoms with E-state index in [4.69, 9.17) is 5.11 Å². The molecule has 0 aromatic heterocycles. The smallest absolute Gasteiger partial charge is 0.325 e. The van der Waals surface area contributed by atoms with Crippen LogP contribution >= 0.6 is 0 Å². The Morgan fingerprint density at radius 3 is 2.39 bits per heavy atom. The lowest BCUT2D eigenvalue weighted by Crippen LogP contribution is -2.51. The van der Waals surface area contributed by atoms with Gasteiger partial charge in [-0.15, -0.1) is 0 Å². The first-order valence-corrected chi connectivity index (χ1v) is 8.28. The number of nitrogens with one attached hydrogen (secondary N) is 1. The highest BCUT2D eigenvalue weighted by atomic mass is 16.4. The fraction of sp³-hybridized carbons (Fsp3) is 0.556. The molecule has 1 aliphatic rings. The summed E-state index contributed by atoms with van der Waals surface area (Å²) < 4.78 is 0. The minimum Gasteiger partial charge on any atom is -0.480 e. The number of carbonyl (C=O) groups excluding carboxylic acids is 1. The molecule has 2 N–H and O–H groups in total. The van der Waals surface area contributed by atoms with E-state index in [0.717, 1.165) is 32.4 Å². The second kappa shape index (κ2) is 8.11. The van der Waals surface area contributed by atoms with Gasteiger partial charge in [-0.1, -0.05) is 30.3 Å². The standard InChI is InChI=1S/C18H26N2O3/c1-13(18(22)23)19-17(21)14(2)20-10-8-16(9-11-20)12-15-6-4-3-5-7-15/h3-7,13-14,16H,8-12H2,1-2H3,(H,19,21)(H,22,23)/t13-,14?/m1/s1. The Labute approximate surface area is 137 Å². The second-order valence-electron chi connectivity index (χ2n) is 6.41. The Morgan fingerprint density at radius 2 is 1.83 bits per heavy atom. The fourth-order valence-electron chi connectivity index (χ4n) is 3.05. The maximum atomic E-state index is 12.1. The number of rotatable bonds is 6. The summed E-state index contributed by atoms with van der Waals surface area (Å²) in [6, 6.07) is 9.37. The molecule has 5 heteroatoms. The molecule has 5 nitrogen and oxygen atoms in total. The molecule has 1 saturated heterocycles. The van der Waals surface area contributed by atoms with Crippen molar-refractivity contribution < 1.29 is 14.7 Å². The van der Waals surface area contributed by atoms with Crippen molar-refractivity contribution in [2.24, 2.45) is 5.92 Å². The van der Waals surface area contributed by atoms with Crippen LogP contribution in [-0.4, -0.2) is 47.1 Å². The molecule has 1 unspecified atom stereocenters. The van der Waals surface area contributed by atoms with Crippen LogP contribution in [0.3, 0.4) is 0 Å². The number of carboxylic acids is 1. The van der Waals surface area contributed by atoms with Crippen molar-refractivity contribution in [3.8, 4) is 0 Å². The van der Waals surface area contributed by atoms with Crippen molar-refractivity contribution in [3.05, 3.63) is 35.9 Å². The van der Waals surface area contributed by atoms with Crippen molar-refractivity contribution >= 4 is 11.9 Å². The summed E-state index contributed by atoms with van der Waals surface area (Å²) in [6.45, 7) is 5.10. The molecule has 2 rings (SSSR count). The van der Waals surface area contributed by atoms with Crippen LogP contribution in [0.2, 0.25) is 0 Å². The van der Waals surface area contributed by atoms with E-state index in [1.165, 1.54) is 12.5 Å². The van der Waals surface area contributed by atoms with Gasteiger partial charge < -0.3 is 10.4 Å². The minimum atomic E-state index is -1.01. The number of amides is 1. The largest absolute Gasteiger partial charge is 0.480 e. The van der Waals surface area contributed by atoms with Gasteiger partial charge in [-0.25, -0.2) is 0 Å². The predicted molar refractivity (Wildman–Crippen MR) is 89.1 cm³/mol. The van der Waals surface area contributed by atoms with Crippen molar-refractivity contribution in [1.82, 2.24) is 10.2 Å². The lowest BCUT2D eigenvalue weighted by molar-refractivity contribution is -0.142. The number of aliphatic carboxylic acids is 1. The third kappa shape index (κ3) is 5.06. The van der Waals surface area contributed by atoms with Crippen LogP contribution < -0.4 is 5.32 Å². The number of hydrogen-bond acceptors (Lipinski definition) is 3. The molecule has 0 aliphatic carbocycles. The third-order valence-electron chi connectivity index (χ3n) is 4.67. The predicted octanol–water partition coefficient (Wildman–Crippen LogP) is 1.92. The topological polar surface area (TPSA) is 69.6 Å². The molecule has 0 spiro atoms. The van der Waals surface area contributed by atoms with E-state index in [9.17, 15) is 9.59 Å². The van der Waals surface area contributed by atoms with Gasteiger partial charge in [0.2, 0.25) is 5.91 Å². The Bertz CT molecular complexity index is 524. The normalized spacial score (nSPS) is 19.0. The van der Waals surface area contributed by atoms with Crippen LogP contribution in [0.1, 0.15) is 32.3 Å². The Kier molecular flexibility index (Phi) is 6.16. The Hall–Kier alpha value is -1.88. The molecule has 0 bridgehead atoms. The van der Waals surface area contributed by atoms with Gasteiger partial charge in [-0.05, 0) is 57.7 Å². The van der Waals surface area contributed by atoms with Crippen molar-refractivity contribution in [2.75, 3.05) is 13.1 Å². The fourth-order valence-corrected chi connectivity index (χ4v) is 3.05. The van der Waals surface area contributed by atoms with Crippen molar-refractivity contribution in [2.45, 2.75) is 45.2 Å². The number of nitrogens with zero attached hydrogens (tertiary/aromatic N) is 1. The first kappa shape index (κ1) is 17.5. The molecule has 126 valence electrons. The summed E-state index contributed by atoms with van der Waals surface area (Å²) in [4.78, 5) is 25.1. The van der Waals surface area contributed by atoms with Crippen LogP contribution in [0.4, 0.5) is 0 Å². The Morgan fingerprint density at radius 1 is 1.22 bits per heavy atom. The third-order valence-corrected chi connectivity index (χ3v) is 4.67. The zero-order valence-electron chi connectivity index (χ0n) is 13.9. The van der Waals surface area contributed by atoms with Crippen LogP contribution in [0, 0.1) is 5.92 Å². The number of benzene rings is 1. The maximum absolute atomic E-state index is 12.1. The van der Waals surface area contributed by atoms with Crippen LogP contribution in [0.15, 0.2) is 30.3 Å². The van der Waals surface area contributed by atoms with Crippen LogP contribution in [-0.2, 0) is 16.0 Å². The zero-order valence-corrected chi connectivity index (χ0v) is 13.9. The molecular weight excluding hydrogens is 292 g/mol. The lowest BCUT2D eigenvalue weighted by Gasteiger charge is -2.35. The summed E-state index contributed by atoms with van der Waals surface area (Å²) in [5.41, 5.74) is 1.37. The SMILES string of the molecule is CC(C(=O)N[C@H](C)C(=O)O)N1CCC(Cc2ccccc2)CC1.